The average molecular weight is 295 g/mol. The number of benzene rings is 1. The van der Waals surface area contributed by atoms with Gasteiger partial charge in [0.2, 0.25) is 10.0 Å². The highest BCUT2D eigenvalue weighted by atomic mass is 32.2. The van der Waals surface area contributed by atoms with Gasteiger partial charge in [0, 0.05) is 18.5 Å². The van der Waals surface area contributed by atoms with Gasteiger partial charge in [-0.1, -0.05) is 32.4 Å². The topological polar surface area (TPSA) is 63.2 Å². The highest BCUT2D eigenvalue weighted by molar-refractivity contribution is 7.89. The first kappa shape index (κ1) is 15.2. The Hall–Kier alpha value is -1.20. The second-order valence-electron chi connectivity index (χ2n) is 5.79. The van der Waals surface area contributed by atoms with E-state index in [2.05, 4.69) is 11.6 Å². The van der Waals surface area contributed by atoms with Crippen molar-refractivity contribution in [1.82, 2.24) is 4.72 Å². The van der Waals surface area contributed by atoms with Gasteiger partial charge in [-0.2, -0.15) is 0 Å². The van der Waals surface area contributed by atoms with Crippen LogP contribution in [0.25, 0.3) is 0 Å². The lowest BCUT2D eigenvalue weighted by molar-refractivity contribution is 0.0988. The Kier molecular flexibility index (Phi) is 4.30. The van der Waals surface area contributed by atoms with Gasteiger partial charge in [-0.25, -0.2) is 13.1 Å². The minimum Gasteiger partial charge on any atom is -0.294 e. The maximum atomic E-state index is 12.3. The van der Waals surface area contributed by atoms with Crippen LogP contribution < -0.4 is 4.72 Å². The number of rotatable bonds is 6. The lowest BCUT2D eigenvalue weighted by Gasteiger charge is -2.38. The van der Waals surface area contributed by atoms with Crippen LogP contribution in [0, 0.1) is 5.41 Å². The van der Waals surface area contributed by atoms with E-state index in [0.717, 1.165) is 12.8 Å². The van der Waals surface area contributed by atoms with Crippen molar-refractivity contribution in [3.63, 3.8) is 0 Å². The van der Waals surface area contributed by atoms with Gasteiger partial charge in [0.1, 0.15) is 0 Å². The van der Waals surface area contributed by atoms with Crippen LogP contribution in [-0.4, -0.2) is 20.7 Å². The molecule has 1 aliphatic carbocycles. The third-order valence-electron chi connectivity index (χ3n) is 4.04. The molecule has 0 amide bonds. The standard InChI is InChI=1S/C15H21NO3S/c1-3-14(17)12-6-4-7-13(10-12)20(18,19)16-11-15(2)8-5-9-15/h4,6-7,10,16H,3,5,8-9,11H2,1-2H3. The number of carbonyl (C=O) groups is 1. The second kappa shape index (κ2) is 5.66. The normalized spacial score (nSPS) is 17.5. The molecule has 0 saturated heterocycles. The molecule has 0 bridgehead atoms. The van der Waals surface area contributed by atoms with Gasteiger partial charge in [-0.05, 0) is 30.4 Å². The predicted octanol–water partition coefficient (Wildman–Crippen LogP) is 2.75. The molecule has 5 heteroatoms. The van der Waals surface area contributed by atoms with E-state index in [1.165, 1.54) is 18.6 Å². The minimum absolute atomic E-state index is 0.0481. The SMILES string of the molecule is CCC(=O)c1cccc(S(=O)(=O)NCC2(C)CCC2)c1. The van der Waals surface area contributed by atoms with Crippen LogP contribution in [0.1, 0.15) is 49.9 Å². The Balaban J connectivity index is 2.14. The Labute approximate surface area is 120 Å². The summed E-state index contributed by atoms with van der Waals surface area (Å²) in [7, 11) is -3.54. The lowest BCUT2D eigenvalue weighted by atomic mass is 9.71. The molecule has 0 aromatic heterocycles. The lowest BCUT2D eigenvalue weighted by Crippen LogP contribution is -2.39. The van der Waals surface area contributed by atoms with E-state index in [-0.39, 0.29) is 16.1 Å². The van der Waals surface area contributed by atoms with Crippen LogP contribution in [0.2, 0.25) is 0 Å². The summed E-state index contributed by atoms with van der Waals surface area (Å²) in [6, 6.07) is 6.25. The Morgan fingerprint density at radius 2 is 2.05 bits per heavy atom. The molecule has 1 fully saturated rings. The first-order valence-electron chi connectivity index (χ1n) is 6.99. The fourth-order valence-electron chi connectivity index (χ4n) is 2.35. The van der Waals surface area contributed by atoms with Crippen molar-refractivity contribution in [1.29, 1.82) is 0 Å². The number of nitrogens with one attached hydrogen (secondary N) is 1. The van der Waals surface area contributed by atoms with Gasteiger partial charge in [0.25, 0.3) is 0 Å². The van der Waals surface area contributed by atoms with Crippen molar-refractivity contribution in [2.45, 2.75) is 44.4 Å². The maximum Gasteiger partial charge on any atom is 0.240 e. The van der Waals surface area contributed by atoms with Gasteiger partial charge < -0.3 is 0 Å². The molecule has 0 unspecified atom stereocenters. The van der Waals surface area contributed by atoms with Crippen molar-refractivity contribution in [3.8, 4) is 0 Å². The summed E-state index contributed by atoms with van der Waals surface area (Å²) in [5.41, 5.74) is 0.537. The van der Waals surface area contributed by atoms with Crippen molar-refractivity contribution >= 4 is 15.8 Å². The number of Topliss-reactive ketones (excluding diaryl/α,β-unsaturated/α-hetero) is 1. The van der Waals surface area contributed by atoms with Crippen LogP contribution in [0.5, 0.6) is 0 Å². The van der Waals surface area contributed by atoms with Crippen LogP contribution in [0.15, 0.2) is 29.2 Å². The minimum atomic E-state index is -3.54. The summed E-state index contributed by atoms with van der Waals surface area (Å²) < 4.78 is 27.2. The monoisotopic (exact) mass is 295 g/mol. The molecule has 1 saturated carbocycles. The predicted molar refractivity (Wildman–Crippen MR) is 78.2 cm³/mol. The van der Waals surface area contributed by atoms with Crippen molar-refractivity contribution < 1.29 is 13.2 Å². The highest BCUT2D eigenvalue weighted by Gasteiger charge is 2.33. The van der Waals surface area contributed by atoms with Crippen molar-refractivity contribution in [2.75, 3.05) is 6.54 Å². The summed E-state index contributed by atoms with van der Waals surface area (Å²) in [4.78, 5) is 11.8. The molecular weight excluding hydrogens is 274 g/mol. The van der Waals surface area contributed by atoms with E-state index >= 15 is 0 Å². The molecule has 0 spiro atoms. The molecule has 20 heavy (non-hydrogen) atoms. The molecule has 0 heterocycles. The number of ketones is 1. The molecule has 0 atom stereocenters. The Morgan fingerprint density at radius 3 is 2.60 bits per heavy atom. The van der Waals surface area contributed by atoms with Gasteiger partial charge in [-0.15, -0.1) is 0 Å². The zero-order valence-corrected chi connectivity index (χ0v) is 12.8. The van der Waals surface area contributed by atoms with E-state index in [1.807, 2.05) is 0 Å². The third-order valence-corrected chi connectivity index (χ3v) is 5.44. The molecule has 0 aliphatic heterocycles. The maximum absolute atomic E-state index is 12.3. The van der Waals surface area contributed by atoms with Crippen LogP contribution in [0.4, 0.5) is 0 Å². The number of hydrogen-bond acceptors (Lipinski definition) is 3. The van der Waals surface area contributed by atoms with Gasteiger partial charge in [-0.3, -0.25) is 4.79 Å². The summed E-state index contributed by atoms with van der Waals surface area (Å²) >= 11 is 0. The first-order chi connectivity index (χ1) is 9.36. The summed E-state index contributed by atoms with van der Waals surface area (Å²) in [6.07, 6.45) is 3.65. The summed E-state index contributed by atoms with van der Waals surface area (Å²) in [5.74, 6) is -0.0481. The first-order valence-corrected chi connectivity index (χ1v) is 8.48. The van der Waals surface area contributed by atoms with E-state index in [4.69, 9.17) is 0 Å². The van der Waals surface area contributed by atoms with Crippen LogP contribution in [0.3, 0.4) is 0 Å². The Bertz CT molecular complexity index is 603. The number of carbonyl (C=O) groups excluding carboxylic acids is 1. The zero-order valence-electron chi connectivity index (χ0n) is 12.0. The highest BCUT2D eigenvalue weighted by Crippen LogP contribution is 2.39. The van der Waals surface area contributed by atoms with Crippen molar-refractivity contribution in [3.05, 3.63) is 29.8 Å². The molecule has 4 nitrogen and oxygen atoms in total. The van der Waals surface area contributed by atoms with E-state index < -0.39 is 10.0 Å². The fraction of sp³-hybridized carbons (Fsp3) is 0.533. The van der Waals surface area contributed by atoms with Gasteiger partial charge >= 0.3 is 0 Å². The quantitative estimate of drug-likeness (QED) is 0.821. The van der Waals surface area contributed by atoms with Crippen LogP contribution in [-0.2, 0) is 10.0 Å². The molecule has 1 N–H and O–H groups in total. The fourth-order valence-corrected chi connectivity index (χ4v) is 3.60. The largest absolute Gasteiger partial charge is 0.294 e. The second-order valence-corrected chi connectivity index (χ2v) is 7.56. The summed E-state index contributed by atoms with van der Waals surface area (Å²) in [6.45, 7) is 4.32. The van der Waals surface area contributed by atoms with Crippen molar-refractivity contribution in [2.24, 2.45) is 5.41 Å². The molecule has 110 valence electrons. The number of hydrogen-bond donors (Lipinski definition) is 1. The smallest absolute Gasteiger partial charge is 0.240 e. The average Bonchev–Trinajstić information content (AvgIpc) is 2.42. The molecule has 1 aliphatic rings. The molecular formula is C15H21NO3S. The van der Waals surface area contributed by atoms with E-state index in [0.29, 0.717) is 18.5 Å². The third kappa shape index (κ3) is 3.27. The zero-order chi connectivity index (χ0) is 14.8. The molecule has 0 radical (unpaired) electrons. The molecule has 1 aromatic carbocycles. The molecule has 2 rings (SSSR count). The van der Waals surface area contributed by atoms with Gasteiger partial charge in [0.05, 0.1) is 4.90 Å². The summed E-state index contributed by atoms with van der Waals surface area (Å²) in [5, 5.41) is 0. The van der Waals surface area contributed by atoms with Crippen LogP contribution >= 0.6 is 0 Å². The Morgan fingerprint density at radius 1 is 1.35 bits per heavy atom. The molecule has 1 aromatic rings. The van der Waals surface area contributed by atoms with E-state index in [1.54, 1.807) is 19.1 Å². The van der Waals surface area contributed by atoms with E-state index in [9.17, 15) is 13.2 Å². The number of sulfonamides is 1. The van der Waals surface area contributed by atoms with Gasteiger partial charge in [0.15, 0.2) is 5.78 Å².